The fourth-order valence-corrected chi connectivity index (χ4v) is 2.43. The van der Waals surface area contributed by atoms with Crippen LogP contribution in [0.4, 0.5) is 0 Å². The Bertz CT molecular complexity index is 514. The molecule has 1 aromatic rings. The van der Waals surface area contributed by atoms with Gasteiger partial charge in [-0.25, -0.2) is 0 Å². The summed E-state index contributed by atoms with van der Waals surface area (Å²) in [7, 11) is 0. The minimum atomic E-state index is -0.152. The van der Waals surface area contributed by atoms with Gasteiger partial charge in [0.1, 0.15) is 0 Å². The molecular formula is C17H22N2O2. The van der Waals surface area contributed by atoms with Crippen molar-refractivity contribution in [2.45, 2.75) is 19.8 Å². The molecule has 1 N–H and O–H groups in total. The van der Waals surface area contributed by atoms with E-state index in [1.54, 1.807) is 30.3 Å². The zero-order chi connectivity index (χ0) is 15.2. The average molecular weight is 286 g/mol. The van der Waals surface area contributed by atoms with Gasteiger partial charge in [0, 0.05) is 30.8 Å². The number of carbonyl (C=O) groups is 2. The van der Waals surface area contributed by atoms with Gasteiger partial charge in [-0.15, -0.1) is 6.58 Å². The molecule has 2 rings (SSSR count). The van der Waals surface area contributed by atoms with Gasteiger partial charge in [0.15, 0.2) is 0 Å². The van der Waals surface area contributed by atoms with Crippen molar-refractivity contribution >= 4 is 11.8 Å². The van der Waals surface area contributed by atoms with Crippen molar-refractivity contribution in [3.8, 4) is 0 Å². The van der Waals surface area contributed by atoms with Crippen molar-refractivity contribution in [2.24, 2.45) is 5.92 Å². The third-order valence-electron chi connectivity index (χ3n) is 3.87. The molecular weight excluding hydrogens is 264 g/mol. The molecule has 1 saturated heterocycles. The van der Waals surface area contributed by atoms with E-state index in [-0.39, 0.29) is 11.8 Å². The van der Waals surface area contributed by atoms with Gasteiger partial charge >= 0.3 is 0 Å². The van der Waals surface area contributed by atoms with Crippen molar-refractivity contribution in [3.63, 3.8) is 0 Å². The number of hydrogen-bond donors (Lipinski definition) is 1. The zero-order valence-electron chi connectivity index (χ0n) is 12.5. The molecule has 0 atom stereocenters. The van der Waals surface area contributed by atoms with Crippen molar-refractivity contribution in [1.82, 2.24) is 10.2 Å². The number of nitrogens with zero attached hydrogens (tertiary/aromatic N) is 1. The maximum atomic E-state index is 12.4. The van der Waals surface area contributed by atoms with Crippen LogP contribution in [0.15, 0.2) is 36.9 Å². The minimum Gasteiger partial charge on any atom is -0.349 e. The molecule has 0 aromatic heterocycles. The van der Waals surface area contributed by atoms with Crippen LogP contribution in [0.3, 0.4) is 0 Å². The molecule has 4 nitrogen and oxygen atoms in total. The minimum absolute atomic E-state index is 0.0555. The summed E-state index contributed by atoms with van der Waals surface area (Å²) in [4.78, 5) is 26.0. The first kappa shape index (κ1) is 15.3. The Balaban J connectivity index is 1.99. The summed E-state index contributed by atoms with van der Waals surface area (Å²) in [6.07, 6.45) is 3.76. The predicted octanol–water partition coefficient (Wildman–Crippen LogP) is 2.47. The van der Waals surface area contributed by atoms with Crippen LogP contribution in [0.5, 0.6) is 0 Å². The molecule has 0 aliphatic carbocycles. The molecule has 4 heteroatoms. The van der Waals surface area contributed by atoms with E-state index in [1.807, 2.05) is 4.90 Å². The second kappa shape index (κ2) is 7.07. The monoisotopic (exact) mass is 286 g/mol. The van der Waals surface area contributed by atoms with Crippen LogP contribution in [-0.2, 0) is 0 Å². The van der Waals surface area contributed by atoms with Gasteiger partial charge in [-0.3, -0.25) is 9.59 Å². The smallest absolute Gasteiger partial charge is 0.253 e. The van der Waals surface area contributed by atoms with Crippen molar-refractivity contribution in [3.05, 3.63) is 48.0 Å². The standard InChI is InChI=1S/C17H22N2O2/c1-3-10-18-16(20)14-4-6-15(7-5-14)17(21)19-11-8-13(2)9-12-19/h3-7,13H,1,8-12H2,2H3,(H,18,20). The van der Waals surface area contributed by atoms with Crippen LogP contribution >= 0.6 is 0 Å². The lowest BCUT2D eigenvalue weighted by molar-refractivity contribution is 0.0696. The van der Waals surface area contributed by atoms with E-state index in [4.69, 9.17) is 0 Å². The average Bonchev–Trinajstić information content (AvgIpc) is 2.53. The van der Waals surface area contributed by atoms with E-state index >= 15 is 0 Å². The maximum absolute atomic E-state index is 12.4. The van der Waals surface area contributed by atoms with E-state index in [9.17, 15) is 9.59 Å². The number of likely N-dealkylation sites (tertiary alicyclic amines) is 1. The lowest BCUT2D eigenvalue weighted by Crippen LogP contribution is -2.37. The Hall–Kier alpha value is -2.10. The first-order valence-electron chi connectivity index (χ1n) is 7.40. The Morgan fingerprint density at radius 3 is 2.38 bits per heavy atom. The molecule has 112 valence electrons. The summed E-state index contributed by atoms with van der Waals surface area (Å²) in [5.41, 5.74) is 1.20. The van der Waals surface area contributed by atoms with Crippen LogP contribution in [-0.4, -0.2) is 36.3 Å². The van der Waals surface area contributed by atoms with Crippen LogP contribution in [0.25, 0.3) is 0 Å². The molecule has 1 aromatic carbocycles. The summed E-state index contributed by atoms with van der Waals surface area (Å²) >= 11 is 0. The molecule has 0 saturated carbocycles. The first-order chi connectivity index (χ1) is 10.1. The van der Waals surface area contributed by atoms with Crippen molar-refractivity contribution < 1.29 is 9.59 Å². The summed E-state index contributed by atoms with van der Waals surface area (Å²) in [6, 6.07) is 6.84. The van der Waals surface area contributed by atoms with E-state index < -0.39 is 0 Å². The molecule has 0 radical (unpaired) electrons. The van der Waals surface area contributed by atoms with Crippen LogP contribution in [0.2, 0.25) is 0 Å². The Labute approximate surface area is 125 Å². The number of carbonyl (C=O) groups excluding carboxylic acids is 2. The van der Waals surface area contributed by atoms with E-state index in [0.717, 1.165) is 25.9 Å². The third kappa shape index (κ3) is 3.94. The number of nitrogens with one attached hydrogen (secondary N) is 1. The zero-order valence-corrected chi connectivity index (χ0v) is 12.5. The molecule has 0 unspecified atom stereocenters. The van der Waals surface area contributed by atoms with Crippen molar-refractivity contribution in [2.75, 3.05) is 19.6 Å². The first-order valence-corrected chi connectivity index (χ1v) is 7.40. The van der Waals surface area contributed by atoms with Gasteiger partial charge in [-0.05, 0) is 43.0 Å². The molecule has 1 aliphatic heterocycles. The lowest BCUT2D eigenvalue weighted by Gasteiger charge is -2.30. The van der Waals surface area contributed by atoms with Gasteiger partial charge in [-0.2, -0.15) is 0 Å². The fraction of sp³-hybridized carbons (Fsp3) is 0.412. The summed E-state index contributed by atoms with van der Waals surface area (Å²) in [6.45, 7) is 7.85. The predicted molar refractivity (Wildman–Crippen MR) is 83.3 cm³/mol. The number of benzene rings is 1. The highest BCUT2D eigenvalue weighted by molar-refractivity contribution is 5.97. The van der Waals surface area contributed by atoms with Crippen LogP contribution < -0.4 is 5.32 Å². The number of amides is 2. The largest absolute Gasteiger partial charge is 0.349 e. The lowest BCUT2D eigenvalue weighted by atomic mass is 9.98. The number of hydrogen-bond acceptors (Lipinski definition) is 2. The molecule has 0 spiro atoms. The topological polar surface area (TPSA) is 49.4 Å². The third-order valence-corrected chi connectivity index (χ3v) is 3.87. The molecule has 2 amide bonds. The SMILES string of the molecule is C=CCNC(=O)c1ccc(C(=O)N2CCC(C)CC2)cc1. The van der Waals surface area contributed by atoms with Gasteiger partial charge in [-0.1, -0.05) is 13.0 Å². The van der Waals surface area contributed by atoms with E-state index in [1.165, 1.54) is 0 Å². The fourth-order valence-electron chi connectivity index (χ4n) is 2.43. The second-order valence-corrected chi connectivity index (χ2v) is 5.55. The van der Waals surface area contributed by atoms with E-state index in [2.05, 4.69) is 18.8 Å². The van der Waals surface area contributed by atoms with E-state index in [0.29, 0.717) is 23.6 Å². The molecule has 21 heavy (non-hydrogen) atoms. The summed E-state index contributed by atoms with van der Waals surface area (Å²) < 4.78 is 0. The summed E-state index contributed by atoms with van der Waals surface area (Å²) in [5, 5.41) is 2.71. The number of piperidine rings is 1. The molecule has 0 bridgehead atoms. The molecule has 1 fully saturated rings. The van der Waals surface area contributed by atoms with Crippen LogP contribution in [0, 0.1) is 5.92 Å². The van der Waals surface area contributed by atoms with Gasteiger partial charge in [0.05, 0.1) is 0 Å². The second-order valence-electron chi connectivity index (χ2n) is 5.55. The van der Waals surface area contributed by atoms with Gasteiger partial charge < -0.3 is 10.2 Å². The van der Waals surface area contributed by atoms with Crippen LogP contribution in [0.1, 0.15) is 40.5 Å². The summed E-state index contributed by atoms with van der Waals surface area (Å²) in [5.74, 6) is 0.602. The van der Waals surface area contributed by atoms with Gasteiger partial charge in [0.2, 0.25) is 0 Å². The highest BCUT2D eigenvalue weighted by Gasteiger charge is 2.21. The van der Waals surface area contributed by atoms with Crippen molar-refractivity contribution in [1.29, 1.82) is 0 Å². The van der Waals surface area contributed by atoms with Gasteiger partial charge in [0.25, 0.3) is 11.8 Å². The Kier molecular flexibility index (Phi) is 5.14. The maximum Gasteiger partial charge on any atom is 0.253 e. The highest BCUT2D eigenvalue weighted by Crippen LogP contribution is 2.18. The quantitative estimate of drug-likeness (QED) is 0.864. The Morgan fingerprint density at radius 1 is 1.24 bits per heavy atom. The normalized spacial score (nSPS) is 15.6. The molecule has 1 aliphatic rings. The highest BCUT2D eigenvalue weighted by atomic mass is 16.2. The number of rotatable bonds is 4. The molecule has 1 heterocycles. The Morgan fingerprint density at radius 2 is 1.81 bits per heavy atom.